The van der Waals surface area contributed by atoms with Crippen LogP contribution in [0, 0.1) is 22.7 Å². The van der Waals surface area contributed by atoms with Gasteiger partial charge in [-0.1, -0.05) is 55.4 Å². The largest absolute Gasteiger partial charge is 0.480 e. The van der Waals surface area contributed by atoms with Crippen molar-refractivity contribution in [2.45, 2.75) is 98.8 Å². The molecule has 0 radical (unpaired) electrons. The van der Waals surface area contributed by atoms with E-state index in [0.29, 0.717) is 0 Å². The minimum atomic E-state index is -4.23. The smallest absolute Gasteiger partial charge is 0.326 e. The van der Waals surface area contributed by atoms with Gasteiger partial charge in [0, 0.05) is 0 Å². The normalized spacial score (nSPS) is 15.7. The van der Waals surface area contributed by atoms with Gasteiger partial charge < -0.3 is 32.3 Å². The summed E-state index contributed by atoms with van der Waals surface area (Å²) in [6.45, 7) is 12.1. The van der Waals surface area contributed by atoms with E-state index in [-0.39, 0.29) is 31.1 Å². The third-order valence-electron chi connectivity index (χ3n) is 6.83. The highest BCUT2D eigenvalue weighted by Gasteiger charge is 2.34. The Hall–Kier alpha value is -2.38. The molecule has 0 spiro atoms. The van der Waals surface area contributed by atoms with E-state index in [4.69, 9.17) is 19.8 Å². The SMILES string of the molecule is CC(C)[C@H](N)C(=O)N[C@H](CC(C)(C)COS(=O)(=O)CCCS(=O)(=O)OCC(C)(C)C[C@@H](NC(=O)[C@@H](N)C(C)C)C(=O)O)C(=O)O. The predicted molar refractivity (Wildman–Crippen MR) is 166 cm³/mol. The summed E-state index contributed by atoms with van der Waals surface area (Å²) < 4.78 is 59.8. The Morgan fingerprint density at radius 3 is 1.20 bits per heavy atom. The third kappa shape index (κ3) is 17.2. The Kier molecular flexibility index (Phi) is 16.6. The quantitative estimate of drug-likeness (QED) is 0.0818. The lowest BCUT2D eigenvalue weighted by molar-refractivity contribution is -0.143. The second kappa shape index (κ2) is 17.5. The van der Waals surface area contributed by atoms with Gasteiger partial charge in [-0.25, -0.2) is 9.59 Å². The number of carbonyl (C=O) groups excluding carboxylic acids is 2. The Bertz CT molecular complexity index is 1140. The maximum atomic E-state index is 12.4. The molecule has 16 nitrogen and oxygen atoms in total. The summed E-state index contributed by atoms with van der Waals surface area (Å²) in [7, 11) is -8.45. The average molecular weight is 689 g/mol. The lowest BCUT2D eigenvalue weighted by atomic mass is 9.86. The van der Waals surface area contributed by atoms with Crippen LogP contribution >= 0.6 is 0 Å². The van der Waals surface area contributed by atoms with Gasteiger partial charge in [-0.2, -0.15) is 16.8 Å². The molecule has 8 N–H and O–H groups in total. The maximum absolute atomic E-state index is 12.4. The summed E-state index contributed by atoms with van der Waals surface area (Å²) in [6, 6.07) is -4.56. The third-order valence-corrected chi connectivity index (χ3v) is 9.36. The summed E-state index contributed by atoms with van der Waals surface area (Å²) in [5.74, 6) is -5.81. The molecule has 0 unspecified atom stereocenters. The first kappa shape index (κ1) is 42.6. The van der Waals surface area contributed by atoms with Crippen LogP contribution in [0.4, 0.5) is 0 Å². The molecular formula is C27H52N4O12S2. The van der Waals surface area contributed by atoms with Crippen LogP contribution in [-0.2, 0) is 47.8 Å². The first-order chi connectivity index (χ1) is 20.2. The molecule has 0 aromatic heterocycles. The highest BCUT2D eigenvalue weighted by atomic mass is 32.2. The number of nitrogens with two attached hydrogens (primary N) is 2. The lowest BCUT2D eigenvalue weighted by Gasteiger charge is -2.29. The van der Waals surface area contributed by atoms with Crippen LogP contribution in [0.3, 0.4) is 0 Å². The fraction of sp³-hybridized carbons (Fsp3) is 0.852. The van der Waals surface area contributed by atoms with E-state index < -0.39 is 104 Å². The summed E-state index contributed by atoms with van der Waals surface area (Å²) >= 11 is 0. The van der Waals surface area contributed by atoms with Crippen molar-refractivity contribution in [3.8, 4) is 0 Å². The number of rotatable bonds is 22. The van der Waals surface area contributed by atoms with Crippen molar-refractivity contribution in [3.05, 3.63) is 0 Å². The van der Waals surface area contributed by atoms with Gasteiger partial charge in [-0.3, -0.25) is 18.0 Å². The summed E-state index contributed by atoms with van der Waals surface area (Å²) in [5.41, 5.74) is 9.48. The van der Waals surface area contributed by atoms with E-state index in [0.717, 1.165) is 0 Å². The molecular weight excluding hydrogens is 636 g/mol. The number of amides is 2. The van der Waals surface area contributed by atoms with E-state index in [2.05, 4.69) is 10.6 Å². The molecule has 0 rings (SSSR count). The molecule has 0 aliphatic carbocycles. The number of carboxylic acid groups (broad SMARTS) is 2. The first-order valence-corrected chi connectivity index (χ1v) is 17.7. The van der Waals surface area contributed by atoms with E-state index in [9.17, 15) is 46.2 Å². The van der Waals surface area contributed by atoms with Crippen molar-refractivity contribution in [3.63, 3.8) is 0 Å². The topological polar surface area (TPSA) is 272 Å². The molecule has 0 aliphatic rings. The van der Waals surface area contributed by atoms with Gasteiger partial charge in [0.05, 0.1) is 36.8 Å². The van der Waals surface area contributed by atoms with Crippen LogP contribution in [0.15, 0.2) is 0 Å². The van der Waals surface area contributed by atoms with Gasteiger partial charge in [0.2, 0.25) is 11.8 Å². The Labute approximate surface area is 266 Å². The summed E-state index contributed by atoms with van der Waals surface area (Å²) in [4.78, 5) is 47.9. The number of hydrogen-bond acceptors (Lipinski definition) is 12. The minimum Gasteiger partial charge on any atom is -0.480 e. The zero-order valence-corrected chi connectivity index (χ0v) is 29.0. The van der Waals surface area contributed by atoms with Crippen LogP contribution in [0.5, 0.6) is 0 Å². The minimum absolute atomic E-state index is 0.177. The second-order valence-electron chi connectivity index (χ2n) is 13.5. The van der Waals surface area contributed by atoms with Crippen molar-refractivity contribution in [1.82, 2.24) is 10.6 Å². The van der Waals surface area contributed by atoms with Crippen LogP contribution in [0.1, 0.15) is 74.7 Å². The van der Waals surface area contributed by atoms with Gasteiger partial charge in [-0.05, 0) is 41.9 Å². The monoisotopic (exact) mass is 688 g/mol. The molecule has 0 aromatic carbocycles. The van der Waals surface area contributed by atoms with Gasteiger partial charge >= 0.3 is 11.9 Å². The number of carbonyl (C=O) groups is 4. The van der Waals surface area contributed by atoms with Gasteiger partial charge in [0.15, 0.2) is 0 Å². The summed E-state index contributed by atoms with van der Waals surface area (Å²) in [5, 5.41) is 23.8. The highest BCUT2D eigenvalue weighted by molar-refractivity contribution is 7.87. The fourth-order valence-electron chi connectivity index (χ4n) is 3.79. The standard InChI is InChI=1S/C27H52N4O12S2/c1-16(2)20(28)22(32)30-18(24(34)35)12-26(5,6)14-42-44(38,39)10-9-11-45(40,41)43-15-27(7,8)13-19(25(36)37)31-23(33)21(29)17(3)4/h16-21H,9-15,28-29H2,1-8H3,(H,30,32)(H,31,33)(H,34,35)(H,36,37)/t18-,19-,20+,21+/m1/s1. The molecule has 0 aromatic rings. The van der Waals surface area contributed by atoms with Crippen LogP contribution < -0.4 is 22.1 Å². The molecule has 264 valence electrons. The maximum Gasteiger partial charge on any atom is 0.326 e. The van der Waals surface area contributed by atoms with Crippen molar-refractivity contribution in [2.24, 2.45) is 34.1 Å². The van der Waals surface area contributed by atoms with Crippen molar-refractivity contribution >= 4 is 44.0 Å². The number of nitrogens with one attached hydrogen (secondary N) is 2. The lowest BCUT2D eigenvalue weighted by Crippen LogP contribution is -2.51. The van der Waals surface area contributed by atoms with E-state index >= 15 is 0 Å². The molecule has 45 heavy (non-hydrogen) atoms. The predicted octanol–water partition coefficient (Wildman–Crippen LogP) is 0.00730. The number of aliphatic carboxylic acids is 2. The Morgan fingerprint density at radius 1 is 0.667 bits per heavy atom. The number of hydrogen-bond donors (Lipinski definition) is 6. The van der Waals surface area contributed by atoms with E-state index in [1.54, 1.807) is 55.4 Å². The van der Waals surface area contributed by atoms with E-state index in [1.165, 1.54) is 0 Å². The highest BCUT2D eigenvalue weighted by Crippen LogP contribution is 2.26. The van der Waals surface area contributed by atoms with Crippen LogP contribution in [0.2, 0.25) is 0 Å². The molecule has 0 bridgehead atoms. The Morgan fingerprint density at radius 2 is 0.956 bits per heavy atom. The second-order valence-corrected chi connectivity index (χ2v) is 17.0. The van der Waals surface area contributed by atoms with Crippen molar-refractivity contribution < 1.29 is 54.6 Å². The van der Waals surface area contributed by atoms with Crippen molar-refractivity contribution in [1.29, 1.82) is 0 Å². The molecule has 2 amide bonds. The van der Waals surface area contributed by atoms with Gasteiger partial charge in [-0.15, -0.1) is 0 Å². The van der Waals surface area contributed by atoms with Gasteiger partial charge in [0.25, 0.3) is 20.2 Å². The van der Waals surface area contributed by atoms with Gasteiger partial charge in [0.1, 0.15) is 12.1 Å². The summed E-state index contributed by atoms with van der Waals surface area (Å²) in [6.07, 6.45) is -0.736. The Balaban J connectivity index is 5.02. The molecule has 4 atom stereocenters. The first-order valence-electron chi connectivity index (χ1n) is 14.5. The number of carboxylic acids is 2. The zero-order valence-electron chi connectivity index (χ0n) is 27.4. The molecule has 0 fully saturated rings. The molecule has 0 aliphatic heterocycles. The molecule has 0 saturated heterocycles. The average Bonchev–Trinajstić information content (AvgIpc) is 2.88. The molecule has 0 heterocycles. The fourth-order valence-corrected chi connectivity index (χ4v) is 6.20. The van der Waals surface area contributed by atoms with Crippen LogP contribution in [0.25, 0.3) is 0 Å². The van der Waals surface area contributed by atoms with Crippen molar-refractivity contribution in [2.75, 3.05) is 24.7 Å². The van der Waals surface area contributed by atoms with Crippen LogP contribution in [-0.4, -0.2) is 99.7 Å². The molecule has 0 saturated carbocycles. The zero-order chi connectivity index (χ0) is 35.6. The van der Waals surface area contributed by atoms with E-state index in [1.807, 2.05) is 0 Å². The molecule has 18 heteroatoms.